The molecule has 3 aromatic rings. The molecule has 1 N–H and O–H groups in total. The molecule has 3 heterocycles. The quantitative estimate of drug-likeness (QED) is 0.778. The summed E-state index contributed by atoms with van der Waals surface area (Å²) in [5.74, 6) is 0.833. The molecule has 0 amide bonds. The van der Waals surface area contributed by atoms with Crippen LogP contribution < -0.4 is 10.9 Å². The van der Waals surface area contributed by atoms with Gasteiger partial charge in [-0.05, 0) is 27.2 Å². The Kier molecular flexibility index (Phi) is 4.32. The first kappa shape index (κ1) is 15.9. The van der Waals surface area contributed by atoms with Crippen LogP contribution in [0.4, 0.5) is 0 Å². The van der Waals surface area contributed by atoms with E-state index in [1.165, 1.54) is 11.3 Å². The number of aromatic nitrogens is 3. The highest BCUT2D eigenvalue weighted by atomic mass is 32.1. The van der Waals surface area contributed by atoms with Crippen molar-refractivity contribution in [2.24, 2.45) is 0 Å². The molecule has 0 radical (unpaired) electrons. The van der Waals surface area contributed by atoms with E-state index in [1.54, 1.807) is 10.5 Å². The van der Waals surface area contributed by atoms with Gasteiger partial charge in [-0.25, -0.2) is 4.98 Å². The highest BCUT2D eigenvalue weighted by Crippen LogP contribution is 2.24. The molecule has 6 nitrogen and oxygen atoms in total. The van der Waals surface area contributed by atoms with Gasteiger partial charge in [0.25, 0.3) is 5.56 Å². The standard InChI is InChI=1S/C16H20N4O2S/c1-5-13(15-10(3)19-22-11(15)4)17-7-12-6-14(21)20-9(2)8-23-16(20)18-12/h6,8,13,17H,5,7H2,1-4H3/t13-/m0/s1. The normalized spacial score (nSPS) is 12.9. The van der Waals surface area contributed by atoms with E-state index in [2.05, 4.69) is 22.4 Å². The molecule has 3 rings (SSSR count). The van der Waals surface area contributed by atoms with Gasteiger partial charge in [-0.15, -0.1) is 11.3 Å². The summed E-state index contributed by atoms with van der Waals surface area (Å²) in [5, 5.41) is 9.42. The third-order valence-corrected chi connectivity index (χ3v) is 4.95. The van der Waals surface area contributed by atoms with Crippen molar-refractivity contribution in [3.8, 4) is 0 Å². The molecule has 0 bridgehead atoms. The Bertz CT molecular complexity index is 874. The smallest absolute Gasteiger partial charge is 0.259 e. The molecule has 0 saturated heterocycles. The molecule has 0 aliphatic rings. The maximum Gasteiger partial charge on any atom is 0.259 e. The summed E-state index contributed by atoms with van der Waals surface area (Å²) in [6.07, 6.45) is 0.905. The molecule has 0 saturated carbocycles. The minimum Gasteiger partial charge on any atom is -0.361 e. The van der Waals surface area contributed by atoms with E-state index < -0.39 is 0 Å². The Hall–Kier alpha value is -1.99. The number of nitrogens with one attached hydrogen (secondary N) is 1. The summed E-state index contributed by atoms with van der Waals surface area (Å²) in [6, 6.07) is 1.73. The van der Waals surface area contributed by atoms with Gasteiger partial charge in [0.2, 0.25) is 0 Å². The molecule has 0 aromatic carbocycles. The molecule has 3 aromatic heterocycles. The Balaban J connectivity index is 1.83. The van der Waals surface area contributed by atoms with Crippen LogP contribution in [0.25, 0.3) is 4.96 Å². The van der Waals surface area contributed by atoms with Crippen molar-refractivity contribution in [1.29, 1.82) is 0 Å². The predicted molar refractivity (Wildman–Crippen MR) is 89.9 cm³/mol. The SMILES string of the molecule is CC[C@H](NCc1cc(=O)n2c(C)csc2n1)c1c(C)noc1C. The second-order valence-corrected chi connectivity index (χ2v) is 6.50. The highest BCUT2D eigenvalue weighted by molar-refractivity contribution is 7.15. The third kappa shape index (κ3) is 2.94. The van der Waals surface area contributed by atoms with Crippen LogP contribution in [0.5, 0.6) is 0 Å². The summed E-state index contributed by atoms with van der Waals surface area (Å²) in [4.78, 5) is 17.5. The van der Waals surface area contributed by atoms with Crippen molar-refractivity contribution < 1.29 is 4.52 Å². The van der Waals surface area contributed by atoms with Crippen LogP contribution in [0, 0.1) is 20.8 Å². The molecule has 0 aliphatic carbocycles. The lowest BCUT2D eigenvalue weighted by Crippen LogP contribution is -2.24. The first-order valence-electron chi connectivity index (χ1n) is 7.64. The lowest BCUT2D eigenvalue weighted by Gasteiger charge is -2.16. The van der Waals surface area contributed by atoms with E-state index >= 15 is 0 Å². The molecule has 0 unspecified atom stereocenters. The topological polar surface area (TPSA) is 72.4 Å². The zero-order valence-corrected chi connectivity index (χ0v) is 14.5. The molecule has 0 aliphatic heterocycles. The fourth-order valence-electron chi connectivity index (χ4n) is 2.86. The molecule has 23 heavy (non-hydrogen) atoms. The Labute approximate surface area is 138 Å². The van der Waals surface area contributed by atoms with Gasteiger partial charge in [-0.2, -0.15) is 0 Å². The predicted octanol–water partition coefficient (Wildman–Crippen LogP) is 2.91. The molecule has 7 heteroatoms. The van der Waals surface area contributed by atoms with Gasteiger partial charge in [-0.3, -0.25) is 9.20 Å². The van der Waals surface area contributed by atoms with Gasteiger partial charge < -0.3 is 9.84 Å². The Morgan fingerprint density at radius 3 is 2.83 bits per heavy atom. The highest BCUT2D eigenvalue weighted by Gasteiger charge is 2.19. The lowest BCUT2D eigenvalue weighted by molar-refractivity contribution is 0.389. The second-order valence-electron chi connectivity index (χ2n) is 5.66. The Morgan fingerprint density at radius 1 is 1.39 bits per heavy atom. The van der Waals surface area contributed by atoms with Crippen molar-refractivity contribution in [2.45, 2.75) is 46.7 Å². The summed E-state index contributed by atoms with van der Waals surface area (Å²) in [7, 11) is 0. The van der Waals surface area contributed by atoms with Crippen LogP contribution in [0.3, 0.4) is 0 Å². The molecule has 122 valence electrons. The van der Waals surface area contributed by atoms with Gasteiger partial charge in [-0.1, -0.05) is 12.1 Å². The minimum absolute atomic E-state index is 0.0315. The van der Waals surface area contributed by atoms with E-state index in [0.29, 0.717) is 6.54 Å². The first-order chi connectivity index (χ1) is 11.0. The number of rotatable bonds is 5. The maximum atomic E-state index is 12.2. The molecular formula is C16H20N4O2S. The van der Waals surface area contributed by atoms with Crippen molar-refractivity contribution in [2.75, 3.05) is 0 Å². The average Bonchev–Trinajstić information content (AvgIpc) is 3.05. The van der Waals surface area contributed by atoms with Gasteiger partial charge in [0.15, 0.2) is 4.96 Å². The van der Waals surface area contributed by atoms with Crippen LogP contribution >= 0.6 is 11.3 Å². The van der Waals surface area contributed by atoms with E-state index in [1.807, 2.05) is 26.2 Å². The van der Waals surface area contributed by atoms with Crippen LogP contribution in [-0.4, -0.2) is 14.5 Å². The fraction of sp³-hybridized carbons (Fsp3) is 0.438. The van der Waals surface area contributed by atoms with E-state index in [9.17, 15) is 4.79 Å². The zero-order valence-electron chi connectivity index (χ0n) is 13.7. The summed E-state index contributed by atoms with van der Waals surface area (Å²) in [6.45, 7) is 8.42. The van der Waals surface area contributed by atoms with Gasteiger partial charge in [0, 0.05) is 35.3 Å². The van der Waals surface area contributed by atoms with E-state index in [-0.39, 0.29) is 11.6 Å². The van der Waals surface area contributed by atoms with Crippen molar-refractivity contribution in [3.05, 3.63) is 50.2 Å². The van der Waals surface area contributed by atoms with Crippen molar-refractivity contribution in [3.63, 3.8) is 0 Å². The third-order valence-electron chi connectivity index (χ3n) is 4.00. The van der Waals surface area contributed by atoms with Gasteiger partial charge >= 0.3 is 0 Å². The number of aryl methyl sites for hydroxylation is 3. The number of hydrogen-bond donors (Lipinski definition) is 1. The minimum atomic E-state index is -0.0315. The molecule has 0 spiro atoms. The maximum absolute atomic E-state index is 12.2. The number of fused-ring (bicyclic) bond motifs is 1. The number of thiazole rings is 1. The number of hydrogen-bond acceptors (Lipinski definition) is 6. The van der Waals surface area contributed by atoms with Crippen LogP contribution in [0.2, 0.25) is 0 Å². The molecule has 0 fully saturated rings. The van der Waals surface area contributed by atoms with Gasteiger partial charge in [0.1, 0.15) is 5.76 Å². The van der Waals surface area contributed by atoms with Crippen molar-refractivity contribution >= 4 is 16.3 Å². The summed E-state index contributed by atoms with van der Waals surface area (Å²) in [5.41, 5.74) is 3.64. The molecular weight excluding hydrogens is 312 g/mol. The summed E-state index contributed by atoms with van der Waals surface area (Å²) >= 11 is 1.48. The average molecular weight is 332 g/mol. The van der Waals surface area contributed by atoms with E-state index in [0.717, 1.165) is 39.8 Å². The second kappa shape index (κ2) is 6.25. The van der Waals surface area contributed by atoms with E-state index in [4.69, 9.17) is 4.52 Å². The number of nitrogens with zero attached hydrogens (tertiary/aromatic N) is 3. The van der Waals surface area contributed by atoms with Gasteiger partial charge in [0.05, 0.1) is 11.4 Å². The van der Waals surface area contributed by atoms with Crippen LogP contribution in [-0.2, 0) is 6.54 Å². The van der Waals surface area contributed by atoms with Crippen LogP contribution in [0.15, 0.2) is 20.8 Å². The van der Waals surface area contributed by atoms with Crippen LogP contribution in [0.1, 0.15) is 47.8 Å². The first-order valence-corrected chi connectivity index (χ1v) is 8.52. The fourth-order valence-corrected chi connectivity index (χ4v) is 3.75. The zero-order chi connectivity index (χ0) is 16.6. The van der Waals surface area contributed by atoms with Crippen molar-refractivity contribution in [1.82, 2.24) is 19.9 Å². The largest absolute Gasteiger partial charge is 0.361 e. The summed E-state index contributed by atoms with van der Waals surface area (Å²) < 4.78 is 6.89. The molecule has 1 atom stereocenters. The Morgan fingerprint density at radius 2 is 2.17 bits per heavy atom. The monoisotopic (exact) mass is 332 g/mol. The lowest BCUT2D eigenvalue weighted by atomic mass is 10.0.